The summed E-state index contributed by atoms with van der Waals surface area (Å²) in [4.78, 5) is 30.5. The third-order valence-corrected chi connectivity index (χ3v) is 6.86. The molecule has 0 saturated heterocycles. The van der Waals surface area contributed by atoms with Crippen molar-refractivity contribution < 1.29 is 14.3 Å². The summed E-state index contributed by atoms with van der Waals surface area (Å²) in [5.74, 6) is 1.18. The molecular weight excluding hydrogens is 434 g/mol. The van der Waals surface area contributed by atoms with E-state index in [1.807, 2.05) is 24.0 Å². The second-order valence-corrected chi connectivity index (χ2v) is 9.59. The minimum absolute atomic E-state index is 0.0145. The van der Waals surface area contributed by atoms with Gasteiger partial charge in [0.1, 0.15) is 18.9 Å². The lowest BCUT2D eigenvalue weighted by atomic mass is 10.00. The molecule has 0 spiro atoms. The van der Waals surface area contributed by atoms with Crippen LogP contribution in [-0.4, -0.2) is 54.5 Å². The second kappa shape index (κ2) is 11.9. The van der Waals surface area contributed by atoms with Crippen LogP contribution in [0.4, 0.5) is 4.79 Å². The lowest BCUT2D eigenvalue weighted by molar-refractivity contribution is -0.135. The van der Waals surface area contributed by atoms with E-state index >= 15 is 0 Å². The zero-order valence-electron chi connectivity index (χ0n) is 19.9. The van der Waals surface area contributed by atoms with Crippen LogP contribution in [0.15, 0.2) is 48.4 Å². The van der Waals surface area contributed by atoms with Gasteiger partial charge in [-0.15, -0.1) is 17.9 Å². The number of carbonyl (C=O) groups is 2. The molecule has 1 aromatic carbocycles. The molecule has 0 fully saturated rings. The van der Waals surface area contributed by atoms with Crippen molar-refractivity contribution in [2.24, 2.45) is 0 Å². The highest BCUT2D eigenvalue weighted by atomic mass is 32.1. The summed E-state index contributed by atoms with van der Waals surface area (Å²) < 4.78 is 6.14. The number of nitrogens with zero attached hydrogens (tertiary/aromatic N) is 2. The Bertz CT molecular complexity index is 939. The van der Waals surface area contributed by atoms with Gasteiger partial charge in [-0.25, -0.2) is 4.79 Å². The van der Waals surface area contributed by atoms with Crippen LogP contribution in [0.5, 0.6) is 5.75 Å². The first-order valence-corrected chi connectivity index (χ1v) is 12.5. The molecule has 178 valence electrons. The Kier molecular flexibility index (Phi) is 8.95. The van der Waals surface area contributed by atoms with Gasteiger partial charge in [0.15, 0.2) is 0 Å². The zero-order chi connectivity index (χ0) is 23.8. The topological polar surface area (TPSA) is 61.9 Å². The van der Waals surface area contributed by atoms with Crippen molar-refractivity contribution in [3.05, 3.63) is 64.4 Å². The highest BCUT2D eigenvalue weighted by Crippen LogP contribution is 2.34. The Morgan fingerprint density at radius 1 is 1.30 bits per heavy atom. The number of fused-ring (bicyclic) bond motifs is 1. The SMILES string of the molecule is C=CCN(CC(=O)N1CCc2sccc2C1COc1ccc(C(C)C)cc1)C(=O)NCCC. The van der Waals surface area contributed by atoms with E-state index in [0.717, 1.165) is 24.2 Å². The first kappa shape index (κ1) is 24.8. The molecule has 0 radical (unpaired) electrons. The first-order valence-electron chi connectivity index (χ1n) is 11.7. The Morgan fingerprint density at radius 2 is 2.06 bits per heavy atom. The molecule has 2 aromatic rings. The summed E-state index contributed by atoms with van der Waals surface area (Å²) >= 11 is 1.72. The zero-order valence-corrected chi connectivity index (χ0v) is 20.7. The van der Waals surface area contributed by atoms with E-state index in [0.29, 0.717) is 32.2 Å². The maximum Gasteiger partial charge on any atom is 0.318 e. The number of carbonyl (C=O) groups excluding carboxylic acids is 2. The highest BCUT2D eigenvalue weighted by Gasteiger charge is 2.33. The minimum Gasteiger partial charge on any atom is -0.491 e. The molecule has 0 aliphatic carbocycles. The van der Waals surface area contributed by atoms with Gasteiger partial charge in [0.25, 0.3) is 0 Å². The van der Waals surface area contributed by atoms with E-state index in [-0.39, 0.29) is 24.5 Å². The maximum absolute atomic E-state index is 13.4. The van der Waals surface area contributed by atoms with Crippen LogP contribution in [-0.2, 0) is 11.2 Å². The van der Waals surface area contributed by atoms with E-state index < -0.39 is 0 Å². The Morgan fingerprint density at radius 3 is 2.73 bits per heavy atom. The summed E-state index contributed by atoms with van der Waals surface area (Å²) in [6.45, 7) is 12.0. The number of thiophene rings is 1. The number of rotatable bonds is 10. The van der Waals surface area contributed by atoms with Crippen LogP contribution in [0.3, 0.4) is 0 Å². The molecule has 1 aliphatic rings. The van der Waals surface area contributed by atoms with Gasteiger partial charge in [0.05, 0.1) is 6.04 Å². The molecule has 7 heteroatoms. The molecule has 3 rings (SSSR count). The third-order valence-electron chi connectivity index (χ3n) is 5.86. The fraction of sp³-hybridized carbons (Fsp3) is 0.462. The van der Waals surface area contributed by atoms with Gasteiger partial charge in [-0.05, 0) is 53.5 Å². The second-order valence-electron chi connectivity index (χ2n) is 8.59. The van der Waals surface area contributed by atoms with Crippen molar-refractivity contribution in [2.75, 3.05) is 32.8 Å². The van der Waals surface area contributed by atoms with Gasteiger partial charge in [-0.1, -0.05) is 39.0 Å². The molecular formula is C26H35N3O3S. The van der Waals surface area contributed by atoms with Crippen LogP contribution >= 0.6 is 11.3 Å². The van der Waals surface area contributed by atoms with Crippen molar-refractivity contribution in [1.82, 2.24) is 15.1 Å². The molecule has 2 heterocycles. The molecule has 1 atom stereocenters. The fourth-order valence-corrected chi connectivity index (χ4v) is 4.90. The Hall–Kier alpha value is -2.80. The van der Waals surface area contributed by atoms with Crippen LogP contribution in [0.1, 0.15) is 55.2 Å². The van der Waals surface area contributed by atoms with Gasteiger partial charge in [0, 0.05) is 24.5 Å². The van der Waals surface area contributed by atoms with Crippen LogP contribution in [0.2, 0.25) is 0 Å². The maximum atomic E-state index is 13.4. The number of nitrogens with one attached hydrogen (secondary N) is 1. The summed E-state index contributed by atoms with van der Waals surface area (Å²) in [5.41, 5.74) is 2.41. The lowest BCUT2D eigenvalue weighted by Crippen LogP contribution is -2.50. The number of benzene rings is 1. The van der Waals surface area contributed by atoms with Crippen molar-refractivity contribution >= 4 is 23.3 Å². The van der Waals surface area contributed by atoms with Gasteiger partial charge in [-0.3, -0.25) is 4.79 Å². The van der Waals surface area contributed by atoms with Crippen molar-refractivity contribution in [3.63, 3.8) is 0 Å². The molecule has 1 aliphatic heterocycles. The lowest BCUT2D eigenvalue weighted by Gasteiger charge is -2.37. The molecule has 1 N–H and O–H groups in total. The highest BCUT2D eigenvalue weighted by molar-refractivity contribution is 7.10. The molecule has 6 nitrogen and oxygen atoms in total. The van der Waals surface area contributed by atoms with Crippen molar-refractivity contribution in [3.8, 4) is 5.75 Å². The summed E-state index contributed by atoms with van der Waals surface area (Å²) in [6.07, 6.45) is 3.31. The fourth-order valence-electron chi connectivity index (χ4n) is 3.97. The quantitative estimate of drug-likeness (QED) is 0.499. The van der Waals surface area contributed by atoms with Gasteiger partial charge < -0.3 is 19.9 Å². The number of urea groups is 1. The number of hydrogen-bond donors (Lipinski definition) is 1. The summed E-state index contributed by atoms with van der Waals surface area (Å²) in [6, 6.07) is 9.82. The number of hydrogen-bond acceptors (Lipinski definition) is 4. The molecule has 0 saturated carbocycles. The van der Waals surface area contributed by atoms with Crippen molar-refractivity contribution in [1.29, 1.82) is 0 Å². The van der Waals surface area contributed by atoms with E-state index in [4.69, 9.17) is 4.74 Å². The minimum atomic E-state index is -0.239. The normalized spacial score (nSPS) is 15.2. The van der Waals surface area contributed by atoms with E-state index in [1.54, 1.807) is 17.4 Å². The number of amides is 3. The molecule has 33 heavy (non-hydrogen) atoms. The van der Waals surface area contributed by atoms with Gasteiger partial charge in [0.2, 0.25) is 5.91 Å². The third kappa shape index (κ3) is 6.38. The van der Waals surface area contributed by atoms with Gasteiger partial charge >= 0.3 is 6.03 Å². The number of ether oxygens (including phenoxy) is 1. The molecule has 1 unspecified atom stereocenters. The van der Waals surface area contributed by atoms with Crippen LogP contribution < -0.4 is 10.1 Å². The van der Waals surface area contributed by atoms with Gasteiger partial charge in [-0.2, -0.15) is 0 Å². The Labute approximate surface area is 201 Å². The smallest absolute Gasteiger partial charge is 0.318 e. The first-order chi connectivity index (χ1) is 15.9. The standard InChI is InChI=1S/C26H35N3O3S/c1-5-13-27-26(31)28(14-6-2)17-25(30)29-15-11-24-22(12-16-33-24)23(29)18-32-21-9-7-20(8-10-21)19(3)4/h6-10,12,16,19,23H,2,5,11,13-15,17-18H2,1,3-4H3,(H,27,31). The largest absolute Gasteiger partial charge is 0.491 e. The Balaban J connectivity index is 1.72. The van der Waals surface area contributed by atoms with Crippen LogP contribution in [0.25, 0.3) is 0 Å². The van der Waals surface area contributed by atoms with E-state index in [9.17, 15) is 9.59 Å². The average molecular weight is 470 g/mol. The van der Waals surface area contributed by atoms with E-state index in [1.165, 1.54) is 15.3 Å². The monoisotopic (exact) mass is 469 g/mol. The van der Waals surface area contributed by atoms with Crippen molar-refractivity contribution in [2.45, 2.75) is 45.6 Å². The average Bonchev–Trinajstić information content (AvgIpc) is 3.30. The predicted molar refractivity (Wildman–Crippen MR) is 134 cm³/mol. The molecule has 3 amide bonds. The summed E-state index contributed by atoms with van der Waals surface area (Å²) in [7, 11) is 0. The van der Waals surface area contributed by atoms with Crippen LogP contribution in [0, 0.1) is 0 Å². The van der Waals surface area contributed by atoms with E-state index in [2.05, 4.69) is 49.3 Å². The predicted octanol–water partition coefficient (Wildman–Crippen LogP) is 4.98. The molecule has 0 bridgehead atoms. The summed E-state index contributed by atoms with van der Waals surface area (Å²) in [5, 5.41) is 4.93. The molecule has 1 aromatic heterocycles.